The maximum Gasteiger partial charge on any atom is 0.0404 e. The van der Waals surface area contributed by atoms with Crippen LogP contribution in [0.3, 0.4) is 0 Å². The van der Waals surface area contributed by atoms with Gasteiger partial charge in [-0.25, -0.2) is 0 Å². The quantitative estimate of drug-likeness (QED) is 0.883. The Morgan fingerprint density at radius 2 is 2.06 bits per heavy atom. The van der Waals surface area contributed by atoms with Crippen molar-refractivity contribution < 1.29 is 0 Å². The smallest absolute Gasteiger partial charge is 0.0404 e. The molecular weight excluding hydrogens is 220 g/mol. The molecule has 18 heavy (non-hydrogen) atoms. The molecule has 0 bridgehead atoms. The second-order valence-electron chi connectivity index (χ2n) is 5.71. The van der Waals surface area contributed by atoms with Gasteiger partial charge in [-0.1, -0.05) is 25.1 Å². The Kier molecular flexibility index (Phi) is 4.28. The van der Waals surface area contributed by atoms with Crippen LogP contribution in [0.2, 0.25) is 0 Å². The van der Waals surface area contributed by atoms with E-state index in [1.165, 1.54) is 30.5 Å². The second-order valence-corrected chi connectivity index (χ2v) is 5.71. The Bertz CT molecular complexity index is 386. The van der Waals surface area contributed by atoms with Crippen molar-refractivity contribution in [3.05, 3.63) is 29.8 Å². The van der Waals surface area contributed by atoms with Crippen molar-refractivity contribution in [3.8, 4) is 0 Å². The van der Waals surface area contributed by atoms with Crippen LogP contribution in [0.4, 0.5) is 5.69 Å². The van der Waals surface area contributed by atoms with Crippen molar-refractivity contribution in [1.82, 2.24) is 0 Å². The molecule has 1 aliphatic rings. The molecule has 1 fully saturated rings. The van der Waals surface area contributed by atoms with Gasteiger partial charge in [0.15, 0.2) is 0 Å². The standard InChI is InChI=1S/C16H26N2/c1-4-15-10-9-13(3)18(15)16-8-6-5-7-14(16)11-12(2)17/h5-8,12-13,15H,4,9-11,17H2,1-3H3. The highest BCUT2D eigenvalue weighted by Gasteiger charge is 2.30. The van der Waals surface area contributed by atoms with Gasteiger partial charge in [0.25, 0.3) is 0 Å². The normalized spacial score (nSPS) is 25.4. The molecule has 2 rings (SSSR count). The maximum absolute atomic E-state index is 5.98. The number of benzene rings is 1. The van der Waals surface area contributed by atoms with Gasteiger partial charge in [0.2, 0.25) is 0 Å². The first-order chi connectivity index (χ1) is 8.63. The van der Waals surface area contributed by atoms with E-state index in [1.807, 2.05) is 0 Å². The molecule has 1 saturated heterocycles. The number of para-hydroxylation sites is 1. The summed E-state index contributed by atoms with van der Waals surface area (Å²) >= 11 is 0. The molecule has 0 saturated carbocycles. The molecule has 0 spiro atoms. The molecule has 0 aromatic heterocycles. The lowest BCUT2D eigenvalue weighted by molar-refractivity contribution is 0.622. The molecule has 2 heteroatoms. The first-order valence-corrected chi connectivity index (χ1v) is 7.25. The summed E-state index contributed by atoms with van der Waals surface area (Å²) in [5.74, 6) is 0. The van der Waals surface area contributed by atoms with E-state index >= 15 is 0 Å². The number of anilines is 1. The van der Waals surface area contributed by atoms with Crippen LogP contribution in [0.1, 0.15) is 45.6 Å². The fraction of sp³-hybridized carbons (Fsp3) is 0.625. The highest BCUT2D eigenvalue weighted by Crippen LogP contribution is 2.34. The van der Waals surface area contributed by atoms with Crippen molar-refractivity contribution in [2.45, 2.75) is 64.6 Å². The Hall–Kier alpha value is -1.02. The molecule has 2 nitrogen and oxygen atoms in total. The van der Waals surface area contributed by atoms with Crippen LogP contribution < -0.4 is 10.6 Å². The van der Waals surface area contributed by atoms with Gasteiger partial charge >= 0.3 is 0 Å². The minimum Gasteiger partial charge on any atom is -0.366 e. The average Bonchev–Trinajstić information content (AvgIpc) is 2.70. The topological polar surface area (TPSA) is 29.3 Å². The van der Waals surface area contributed by atoms with E-state index in [0.717, 1.165) is 6.42 Å². The van der Waals surface area contributed by atoms with Crippen molar-refractivity contribution in [1.29, 1.82) is 0 Å². The fourth-order valence-electron chi connectivity index (χ4n) is 3.19. The molecule has 1 aromatic rings. The van der Waals surface area contributed by atoms with Gasteiger partial charge in [0, 0.05) is 23.8 Å². The number of hydrogen-bond acceptors (Lipinski definition) is 2. The minimum absolute atomic E-state index is 0.226. The van der Waals surface area contributed by atoms with Crippen LogP contribution in [-0.2, 0) is 6.42 Å². The van der Waals surface area contributed by atoms with Crippen molar-refractivity contribution in [2.75, 3.05) is 4.90 Å². The van der Waals surface area contributed by atoms with Gasteiger partial charge in [0.05, 0.1) is 0 Å². The van der Waals surface area contributed by atoms with Gasteiger partial charge < -0.3 is 10.6 Å². The van der Waals surface area contributed by atoms with E-state index in [9.17, 15) is 0 Å². The molecule has 0 aliphatic carbocycles. The molecular formula is C16H26N2. The number of nitrogens with two attached hydrogens (primary N) is 1. The summed E-state index contributed by atoms with van der Waals surface area (Å²) in [6, 6.07) is 10.4. The van der Waals surface area contributed by atoms with Crippen LogP contribution in [0, 0.1) is 0 Å². The molecule has 1 aromatic carbocycles. The molecule has 100 valence electrons. The average molecular weight is 246 g/mol. The van der Waals surface area contributed by atoms with Crippen LogP contribution >= 0.6 is 0 Å². The van der Waals surface area contributed by atoms with Crippen LogP contribution in [0.5, 0.6) is 0 Å². The van der Waals surface area contributed by atoms with Crippen LogP contribution in [0.25, 0.3) is 0 Å². The summed E-state index contributed by atoms with van der Waals surface area (Å²) in [7, 11) is 0. The zero-order chi connectivity index (χ0) is 13.1. The molecule has 1 heterocycles. The lowest BCUT2D eigenvalue weighted by atomic mass is 10.0. The van der Waals surface area contributed by atoms with Gasteiger partial charge in [0.1, 0.15) is 0 Å². The van der Waals surface area contributed by atoms with E-state index in [2.05, 4.69) is 49.9 Å². The van der Waals surface area contributed by atoms with E-state index in [1.54, 1.807) is 0 Å². The summed E-state index contributed by atoms with van der Waals surface area (Å²) in [4.78, 5) is 2.62. The highest BCUT2D eigenvalue weighted by atomic mass is 15.2. The molecule has 1 aliphatic heterocycles. The Balaban J connectivity index is 2.31. The third kappa shape index (κ3) is 2.69. The van der Waals surface area contributed by atoms with Crippen molar-refractivity contribution >= 4 is 5.69 Å². The van der Waals surface area contributed by atoms with Gasteiger partial charge in [-0.2, -0.15) is 0 Å². The van der Waals surface area contributed by atoms with Crippen molar-refractivity contribution in [2.24, 2.45) is 5.73 Å². The van der Waals surface area contributed by atoms with Crippen LogP contribution in [-0.4, -0.2) is 18.1 Å². The largest absolute Gasteiger partial charge is 0.366 e. The van der Waals surface area contributed by atoms with E-state index < -0.39 is 0 Å². The van der Waals surface area contributed by atoms with E-state index in [4.69, 9.17) is 5.73 Å². The fourth-order valence-corrected chi connectivity index (χ4v) is 3.19. The summed E-state index contributed by atoms with van der Waals surface area (Å²) in [6.07, 6.45) is 4.84. The molecule has 3 unspecified atom stereocenters. The zero-order valence-electron chi connectivity index (χ0n) is 11.9. The summed E-state index contributed by atoms with van der Waals surface area (Å²) in [5, 5.41) is 0. The number of nitrogens with zero attached hydrogens (tertiary/aromatic N) is 1. The second kappa shape index (κ2) is 5.75. The zero-order valence-corrected chi connectivity index (χ0v) is 11.9. The lowest BCUT2D eigenvalue weighted by Gasteiger charge is -2.32. The maximum atomic E-state index is 5.98. The van der Waals surface area contributed by atoms with Gasteiger partial charge in [-0.3, -0.25) is 0 Å². The third-order valence-electron chi connectivity index (χ3n) is 4.07. The lowest BCUT2D eigenvalue weighted by Crippen LogP contribution is -2.35. The summed E-state index contributed by atoms with van der Waals surface area (Å²) < 4.78 is 0. The first-order valence-electron chi connectivity index (χ1n) is 7.25. The van der Waals surface area contributed by atoms with E-state index in [-0.39, 0.29) is 6.04 Å². The Morgan fingerprint density at radius 3 is 2.72 bits per heavy atom. The first kappa shape index (κ1) is 13.4. The Morgan fingerprint density at radius 1 is 1.33 bits per heavy atom. The van der Waals surface area contributed by atoms with Crippen molar-refractivity contribution in [3.63, 3.8) is 0 Å². The van der Waals surface area contributed by atoms with Gasteiger partial charge in [-0.05, 0) is 51.2 Å². The predicted molar refractivity (Wildman–Crippen MR) is 79.0 cm³/mol. The van der Waals surface area contributed by atoms with E-state index in [0.29, 0.717) is 12.1 Å². The SMILES string of the molecule is CCC1CCC(C)N1c1ccccc1CC(C)N. The molecule has 2 N–H and O–H groups in total. The Labute approximate surface area is 111 Å². The minimum atomic E-state index is 0.226. The number of rotatable bonds is 4. The predicted octanol–water partition coefficient (Wildman–Crippen LogP) is 3.34. The monoisotopic (exact) mass is 246 g/mol. The number of hydrogen-bond donors (Lipinski definition) is 1. The summed E-state index contributed by atoms with van der Waals surface area (Å²) in [5.41, 5.74) is 8.79. The third-order valence-corrected chi connectivity index (χ3v) is 4.07. The van der Waals surface area contributed by atoms with Crippen LogP contribution in [0.15, 0.2) is 24.3 Å². The molecule has 3 atom stereocenters. The molecule has 0 amide bonds. The van der Waals surface area contributed by atoms with Gasteiger partial charge in [-0.15, -0.1) is 0 Å². The molecule has 0 radical (unpaired) electrons. The highest BCUT2D eigenvalue weighted by molar-refractivity contribution is 5.56. The summed E-state index contributed by atoms with van der Waals surface area (Å²) in [6.45, 7) is 6.73.